The predicted molar refractivity (Wildman–Crippen MR) is 111 cm³/mol. The lowest BCUT2D eigenvalue weighted by molar-refractivity contribution is -0.118. The molecule has 8 heteroatoms. The number of rotatable bonds is 6. The average Bonchev–Trinajstić information content (AvgIpc) is 2.95. The van der Waals surface area contributed by atoms with Crippen molar-refractivity contribution in [2.24, 2.45) is 5.10 Å². The predicted octanol–water partition coefficient (Wildman–Crippen LogP) is 3.89. The third-order valence-corrected chi connectivity index (χ3v) is 5.23. The van der Waals surface area contributed by atoms with Crippen molar-refractivity contribution < 1.29 is 4.79 Å². The smallest absolute Gasteiger partial charge is 0.250 e. The molecule has 0 spiro atoms. The molecule has 0 bridgehead atoms. The lowest BCUT2D eigenvalue weighted by atomic mass is 10.2. The molecule has 0 aliphatic rings. The highest BCUT2D eigenvalue weighted by Gasteiger charge is 2.09. The number of carbonyl (C=O) groups is 1. The number of hydrogen-bond acceptors (Lipinski definition) is 5. The first-order chi connectivity index (χ1) is 13.0. The van der Waals surface area contributed by atoms with Gasteiger partial charge in [0, 0.05) is 39.5 Å². The molecule has 1 aromatic carbocycles. The van der Waals surface area contributed by atoms with Gasteiger partial charge in [0.25, 0.3) is 5.91 Å². The third-order valence-electron chi connectivity index (χ3n) is 3.82. The second-order valence-electron chi connectivity index (χ2n) is 5.75. The van der Waals surface area contributed by atoms with E-state index in [-0.39, 0.29) is 11.7 Å². The highest BCUT2D eigenvalue weighted by Crippen LogP contribution is 2.21. The van der Waals surface area contributed by atoms with Crippen LogP contribution in [-0.2, 0) is 4.79 Å². The van der Waals surface area contributed by atoms with Crippen LogP contribution < -0.4 is 5.43 Å². The van der Waals surface area contributed by atoms with Crippen molar-refractivity contribution in [3.8, 4) is 5.69 Å². The molecule has 2 heterocycles. The Balaban J connectivity index is 1.63. The minimum atomic E-state index is -0.203. The van der Waals surface area contributed by atoms with Gasteiger partial charge in [-0.15, -0.1) is 0 Å². The van der Waals surface area contributed by atoms with Crippen LogP contribution in [0.15, 0.2) is 63.5 Å². The lowest BCUT2D eigenvalue weighted by Crippen LogP contribution is -2.19. The van der Waals surface area contributed by atoms with Crippen LogP contribution in [0.3, 0.4) is 0 Å². The van der Waals surface area contributed by atoms with Crippen LogP contribution in [0.25, 0.3) is 5.69 Å². The number of carbonyl (C=O) groups excluding carboxylic acids is 1. The SMILES string of the molecule is Cc1cc(/C=N/NC(=O)CSc2ncccn2)c(C)n1-c1ccc(Br)cc1. The van der Waals surface area contributed by atoms with Gasteiger partial charge in [-0.2, -0.15) is 5.10 Å². The quantitative estimate of drug-likeness (QED) is 0.271. The minimum Gasteiger partial charge on any atom is -0.318 e. The normalized spacial score (nSPS) is 11.1. The molecule has 1 N–H and O–H groups in total. The molecule has 27 heavy (non-hydrogen) atoms. The number of nitrogens with one attached hydrogen (secondary N) is 1. The fourth-order valence-corrected chi connectivity index (χ4v) is 3.46. The van der Waals surface area contributed by atoms with Crippen LogP contribution in [0.1, 0.15) is 17.0 Å². The Hall–Kier alpha value is -2.45. The number of hydrogen-bond donors (Lipinski definition) is 1. The standard InChI is InChI=1S/C19H18BrN5OS/c1-13-10-15(14(2)25(13)17-6-4-16(20)5-7-17)11-23-24-18(26)12-27-19-21-8-3-9-22-19/h3-11H,12H2,1-2H3,(H,24,26)/b23-11+. The van der Waals surface area contributed by atoms with Gasteiger partial charge in [0.2, 0.25) is 0 Å². The Morgan fingerprint density at radius 2 is 1.96 bits per heavy atom. The summed E-state index contributed by atoms with van der Waals surface area (Å²) in [6.07, 6.45) is 4.96. The monoisotopic (exact) mass is 443 g/mol. The summed E-state index contributed by atoms with van der Waals surface area (Å²) in [5, 5.41) is 4.64. The summed E-state index contributed by atoms with van der Waals surface area (Å²) in [6, 6.07) is 11.9. The number of aryl methyl sites for hydroxylation is 1. The molecular weight excluding hydrogens is 426 g/mol. The number of amides is 1. The topological polar surface area (TPSA) is 72.2 Å². The molecular formula is C19H18BrN5OS. The maximum absolute atomic E-state index is 11.9. The zero-order valence-corrected chi connectivity index (χ0v) is 17.3. The van der Waals surface area contributed by atoms with E-state index in [0.29, 0.717) is 5.16 Å². The summed E-state index contributed by atoms with van der Waals surface area (Å²) in [5.74, 6) is 0.00429. The van der Waals surface area contributed by atoms with Crippen molar-refractivity contribution in [1.29, 1.82) is 0 Å². The Labute approximate surface area is 170 Å². The van der Waals surface area contributed by atoms with Gasteiger partial charge in [-0.05, 0) is 50.2 Å². The van der Waals surface area contributed by atoms with Gasteiger partial charge in [-0.3, -0.25) is 4.79 Å². The van der Waals surface area contributed by atoms with E-state index in [4.69, 9.17) is 0 Å². The molecule has 3 aromatic rings. The van der Waals surface area contributed by atoms with Crippen LogP contribution in [0.5, 0.6) is 0 Å². The number of nitrogens with zero attached hydrogens (tertiary/aromatic N) is 4. The first-order valence-corrected chi connectivity index (χ1v) is 9.99. The summed E-state index contributed by atoms with van der Waals surface area (Å²) >= 11 is 4.72. The van der Waals surface area contributed by atoms with E-state index in [1.54, 1.807) is 24.7 Å². The minimum absolute atomic E-state index is 0.203. The number of thioether (sulfide) groups is 1. The van der Waals surface area contributed by atoms with Crippen molar-refractivity contribution >= 4 is 39.8 Å². The third kappa shape index (κ3) is 5.05. The number of benzene rings is 1. The molecule has 0 unspecified atom stereocenters. The van der Waals surface area contributed by atoms with Gasteiger partial charge in [-0.25, -0.2) is 15.4 Å². The molecule has 1 amide bonds. The molecule has 3 rings (SSSR count). The summed E-state index contributed by atoms with van der Waals surface area (Å²) in [4.78, 5) is 20.0. The highest BCUT2D eigenvalue weighted by molar-refractivity contribution is 9.10. The van der Waals surface area contributed by atoms with Gasteiger partial charge < -0.3 is 4.57 Å². The van der Waals surface area contributed by atoms with Gasteiger partial charge in [0.1, 0.15) is 0 Å². The molecule has 0 fully saturated rings. The molecule has 0 atom stereocenters. The largest absolute Gasteiger partial charge is 0.318 e. The molecule has 0 saturated heterocycles. The van der Waals surface area contributed by atoms with Crippen LogP contribution >= 0.6 is 27.7 Å². The molecule has 138 valence electrons. The van der Waals surface area contributed by atoms with E-state index < -0.39 is 0 Å². The molecule has 0 saturated carbocycles. The number of hydrazone groups is 1. The van der Waals surface area contributed by atoms with Crippen LogP contribution in [0.2, 0.25) is 0 Å². The molecule has 0 radical (unpaired) electrons. The van der Waals surface area contributed by atoms with E-state index in [1.165, 1.54) is 11.8 Å². The fraction of sp³-hybridized carbons (Fsp3) is 0.158. The van der Waals surface area contributed by atoms with E-state index in [1.807, 2.05) is 32.0 Å². The Bertz CT molecular complexity index is 954. The zero-order valence-electron chi connectivity index (χ0n) is 14.9. The zero-order chi connectivity index (χ0) is 19.2. The Morgan fingerprint density at radius 1 is 1.26 bits per heavy atom. The van der Waals surface area contributed by atoms with E-state index >= 15 is 0 Å². The van der Waals surface area contributed by atoms with Crippen LogP contribution in [0.4, 0.5) is 0 Å². The van der Waals surface area contributed by atoms with Crippen LogP contribution in [-0.4, -0.2) is 32.4 Å². The summed E-state index contributed by atoms with van der Waals surface area (Å²) in [7, 11) is 0. The first kappa shape index (κ1) is 19.3. The lowest BCUT2D eigenvalue weighted by Gasteiger charge is -2.09. The maximum atomic E-state index is 11.9. The van der Waals surface area contributed by atoms with Gasteiger partial charge in [0.05, 0.1) is 12.0 Å². The Kier molecular flexibility index (Phi) is 6.41. The summed E-state index contributed by atoms with van der Waals surface area (Å²) in [5.41, 5.74) is 6.73. The molecule has 0 aliphatic carbocycles. The second-order valence-corrected chi connectivity index (χ2v) is 7.61. The molecule has 6 nitrogen and oxygen atoms in total. The summed E-state index contributed by atoms with van der Waals surface area (Å²) in [6.45, 7) is 4.07. The van der Waals surface area contributed by atoms with Gasteiger partial charge in [0.15, 0.2) is 5.16 Å². The Morgan fingerprint density at radius 3 is 2.67 bits per heavy atom. The molecule has 0 aliphatic heterocycles. The van der Waals surface area contributed by atoms with Gasteiger partial charge >= 0.3 is 0 Å². The van der Waals surface area contributed by atoms with E-state index in [9.17, 15) is 4.79 Å². The summed E-state index contributed by atoms with van der Waals surface area (Å²) < 4.78 is 3.19. The van der Waals surface area contributed by atoms with Crippen LogP contribution in [0, 0.1) is 13.8 Å². The second kappa shape index (κ2) is 8.96. The maximum Gasteiger partial charge on any atom is 0.250 e. The fourth-order valence-electron chi connectivity index (χ4n) is 2.60. The highest BCUT2D eigenvalue weighted by atomic mass is 79.9. The van der Waals surface area contributed by atoms with Crippen molar-refractivity contribution in [2.75, 3.05) is 5.75 Å². The number of aromatic nitrogens is 3. The van der Waals surface area contributed by atoms with E-state index in [2.05, 4.69) is 53.1 Å². The molecule has 2 aromatic heterocycles. The van der Waals surface area contributed by atoms with Crippen molar-refractivity contribution in [2.45, 2.75) is 19.0 Å². The van der Waals surface area contributed by atoms with Crippen molar-refractivity contribution in [1.82, 2.24) is 20.0 Å². The average molecular weight is 444 g/mol. The van der Waals surface area contributed by atoms with Crippen molar-refractivity contribution in [3.63, 3.8) is 0 Å². The number of halogens is 1. The van der Waals surface area contributed by atoms with Crippen molar-refractivity contribution in [3.05, 3.63) is 70.2 Å². The first-order valence-electron chi connectivity index (χ1n) is 8.21. The van der Waals surface area contributed by atoms with E-state index in [0.717, 1.165) is 27.1 Å². The van der Waals surface area contributed by atoms with Gasteiger partial charge in [-0.1, -0.05) is 27.7 Å².